The normalized spacial score (nSPS) is 11.4. The zero-order valence-electron chi connectivity index (χ0n) is 19.4. The molecule has 3 aromatic heterocycles. The lowest BCUT2D eigenvalue weighted by Crippen LogP contribution is -1.98. The maximum Gasteiger partial charge on any atom is 0.146 e. The molecular weight excluding hydrogens is 450 g/mol. The highest BCUT2D eigenvalue weighted by Gasteiger charge is 2.18. The Balaban J connectivity index is 1.57. The third kappa shape index (κ3) is 3.84. The number of fused-ring (bicyclic) bond motifs is 3. The van der Waals surface area contributed by atoms with Crippen LogP contribution in [0.4, 0.5) is 0 Å². The summed E-state index contributed by atoms with van der Waals surface area (Å²) in [6, 6.07) is 30.4. The average Bonchev–Trinajstić information content (AvgIpc) is 3.17. The van der Waals surface area contributed by atoms with E-state index in [9.17, 15) is 5.11 Å². The first-order valence-corrected chi connectivity index (χ1v) is 12.3. The van der Waals surface area contributed by atoms with E-state index in [1.54, 1.807) is 17.8 Å². The largest absolute Gasteiger partial charge is 0.506 e. The van der Waals surface area contributed by atoms with Crippen LogP contribution < -0.4 is 0 Å². The van der Waals surface area contributed by atoms with Crippen molar-refractivity contribution in [3.05, 3.63) is 108 Å². The second-order valence-electron chi connectivity index (χ2n) is 8.67. The predicted molar refractivity (Wildman–Crippen MR) is 144 cm³/mol. The van der Waals surface area contributed by atoms with Crippen molar-refractivity contribution in [3.8, 4) is 22.7 Å². The molecule has 0 aliphatic rings. The van der Waals surface area contributed by atoms with Crippen molar-refractivity contribution in [2.24, 2.45) is 0 Å². The second kappa shape index (κ2) is 8.60. The molecule has 3 heterocycles. The van der Waals surface area contributed by atoms with Gasteiger partial charge in [0.1, 0.15) is 16.4 Å². The lowest BCUT2D eigenvalue weighted by molar-refractivity contribution is 0.473. The summed E-state index contributed by atoms with van der Waals surface area (Å²) in [5.41, 5.74) is 6.85. The minimum Gasteiger partial charge on any atom is -0.506 e. The number of hydrogen-bond donors (Lipinski definition) is 1. The van der Waals surface area contributed by atoms with Crippen molar-refractivity contribution in [2.45, 2.75) is 23.8 Å². The number of aromatic nitrogens is 3. The summed E-state index contributed by atoms with van der Waals surface area (Å²) in [6.07, 6.45) is 1.81. The number of rotatable bonds is 4. The van der Waals surface area contributed by atoms with Crippen LogP contribution in [-0.2, 0) is 0 Å². The molecular formula is C30H23N3OS. The van der Waals surface area contributed by atoms with Gasteiger partial charge in [0, 0.05) is 27.4 Å². The third-order valence-corrected chi connectivity index (χ3v) is 7.12. The fraction of sp³-hybridized carbons (Fsp3) is 0.0667. The van der Waals surface area contributed by atoms with Crippen LogP contribution in [0.3, 0.4) is 0 Å². The van der Waals surface area contributed by atoms with E-state index < -0.39 is 0 Å². The minimum absolute atomic E-state index is 0.226. The fourth-order valence-corrected chi connectivity index (χ4v) is 5.41. The molecule has 6 aromatic rings. The van der Waals surface area contributed by atoms with Crippen molar-refractivity contribution in [1.82, 2.24) is 14.5 Å². The Hall–Kier alpha value is -4.09. The Labute approximate surface area is 207 Å². The van der Waals surface area contributed by atoms with E-state index >= 15 is 0 Å². The van der Waals surface area contributed by atoms with Crippen LogP contribution >= 0.6 is 11.8 Å². The van der Waals surface area contributed by atoms with Crippen LogP contribution in [0.15, 0.2) is 107 Å². The van der Waals surface area contributed by atoms with Gasteiger partial charge in [0.25, 0.3) is 0 Å². The maximum absolute atomic E-state index is 10.7. The first kappa shape index (κ1) is 21.4. The van der Waals surface area contributed by atoms with E-state index in [0.29, 0.717) is 0 Å². The summed E-state index contributed by atoms with van der Waals surface area (Å²) in [5, 5.41) is 13.9. The van der Waals surface area contributed by atoms with Crippen molar-refractivity contribution < 1.29 is 5.11 Å². The Kier molecular flexibility index (Phi) is 5.27. The van der Waals surface area contributed by atoms with Gasteiger partial charge in [-0.2, -0.15) is 0 Å². The first-order chi connectivity index (χ1) is 17.1. The van der Waals surface area contributed by atoms with Crippen molar-refractivity contribution >= 4 is 33.7 Å². The molecule has 4 nitrogen and oxygen atoms in total. The van der Waals surface area contributed by atoms with Gasteiger partial charge in [-0.05, 0) is 74.0 Å². The highest BCUT2D eigenvalue weighted by molar-refractivity contribution is 7.99. The van der Waals surface area contributed by atoms with E-state index in [0.717, 1.165) is 54.4 Å². The van der Waals surface area contributed by atoms with Gasteiger partial charge >= 0.3 is 0 Å². The van der Waals surface area contributed by atoms with Gasteiger partial charge < -0.3 is 5.11 Å². The molecule has 0 unspecified atom stereocenters. The van der Waals surface area contributed by atoms with Gasteiger partial charge in [0.05, 0.1) is 16.9 Å². The quantitative estimate of drug-likeness (QED) is 0.285. The molecule has 0 bridgehead atoms. The average molecular weight is 474 g/mol. The highest BCUT2D eigenvalue weighted by Crippen LogP contribution is 2.37. The van der Waals surface area contributed by atoms with Gasteiger partial charge in [-0.1, -0.05) is 53.7 Å². The summed E-state index contributed by atoms with van der Waals surface area (Å²) >= 11 is 1.64. The Morgan fingerprint density at radius 3 is 2.49 bits per heavy atom. The van der Waals surface area contributed by atoms with Crippen LogP contribution in [0, 0.1) is 13.8 Å². The summed E-state index contributed by atoms with van der Waals surface area (Å²) < 4.78 is 2.06. The summed E-state index contributed by atoms with van der Waals surface area (Å²) in [4.78, 5) is 10.8. The maximum atomic E-state index is 10.7. The fourth-order valence-electron chi connectivity index (χ4n) is 4.57. The monoisotopic (exact) mass is 473 g/mol. The molecule has 0 atom stereocenters. The van der Waals surface area contributed by atoms with Crippen LogP contribution in [-0.4, -0.2) is 19.6 Å². The van der Waals surface area contributed by atoms with Crippen molar-refractivity contribution in [2.75, 3.05) is 0 Å². The minimum atomic E-state index is 0.226. The number of phenols is 1. The number of hydrogen-bond acceptors (Lipinski definition) is 4. The lowest BCUT2D eigenvalue weighted by Gasteiger charge is -2.11. The Bertz CT molecular complexity index is 1710. The van der Waals surface area contributed by atoms with Gasteiger partial charge in [-0.3, -0.25) is 4.57 Å². The van der Waals surface area contributed by atoms with Gasteiger partial charge in [-0.15, -0.1) is 0 Å². The van der Waals surface area contributed by atoms with Crippen LogP contribution in [0.5, 0.6) is 5.75 Å². The molecule has 0 saturated heterocycles. The molecule has 6 rings (SSSR count). The molecule has 0 amide bonds. The summed E-state index contributed by atoms with van der Waals surface area (Å²) in [5.74, 6) is 0.226. The number of nitrogens with zero attached hydrogens (tertiary/aromatic N) is 3. The van der Waals surface area contributed by atoms with Crippen LogP contribution in [0.1, 0.15) is 11.1 Å². The first-order valence-electron chi connectivity index (χ1n) is 11.5. The number of aromatic hydroxyl groups is 1. The zero-order chi connectivity index (χ0) is 23.9. The molecule has 170 valence electrons. The number of benzene rings is 3. The van der Waals surface area contributed by atoms with E-state index in [4.69, 9.17) is 4.98 Å². The molecule has 0 aliphatic heterocycles. The molecule has 0 fully saturated rings. The van der Waals surface area contributed by atoms with Crippen molar-refractivity contribution in [1.29, 1.82) is 0 Å². The van der Waals surface area contributed by atoms with E-state index in [2.05, 4.69) is 71.9 Å². The van der Waals surface area contributed by atoms with Crippen molar-refractivity contribution in [3.63, 3.8) is 0 Å². The van der Waals surface area contributed by atoms with Crippen LogP contribution in [0.2, 0.25) is 0 Å². The highest BCUT2D eigenvalue weighted by atomic mass is 32.2. The molecule has 0 aliphatic carbocycles. The Morgan fingerprint density at radius 2 is 1.66 bits per heavy atom. The summed E-state index contributed by atoms with van der Waals surface area (Å²) in [7, 11) is 0. The molecule has 5 heteroatoms. The molecule has 0 radical (unpaired) electrons. The lowest BCUT2D eigenvalue weighted by atomic mass is 10.0. The number of phenolic OH excluding ortho intramolecular Hbond substituents is 1. The molecule has 1 N–H and O–H groups in total. The number of pyridine rings is 2. The molecule has 35 heavy (non-hydrogen) atoms. The van der Waals surface area contributed by atoms with E-state index in [1.807, 2.05) is 42.6 Å². The number of aryl methyl sites for hydroxylation is 2. The molecule has 0 spiro atoms. The Morgan fingerprint density at radius 1 is 0.800 bits per heavy atom. The molecule has 3 aromatic carbocycles. The second-order valence-corrected chi connectivity index (χ2v) is 9.76. The van der Waals surface area contributed by atoms with Crippen LogP contribution in [0.25, 0.3) is 38.9 Å². The predicted octanol–water partition coefficient (Wildman–Crippen LogP) is 7.71. The number of para-hydroxylation sites is 2. The molecule has 0 saturated carbocycles. The topological polar surface area (TPSA) is 50.9 Å². The van der Waals surface area contributed by atoms with Gasteiger partial charge in [0.15, 0.2) is 0 Å². The standard InChI is InChI=1S/C30H23N3OS/c1-19-13-14-25-23(16-19)24-17-20(2)29(32-30(24)33(25)26-10-3-4-11-27(26)34)21-8-7-9-22(18-21)35-28-12-5-6-15-31-28/h3-18,34H,1-2H3. The summed E-state index contributed by atoms with van der Waals surface area (Å²) in [6.45, 7) is 4.21. The smallest absolute Gasteiger partial charge is 0.146 e. The third-order valence-electron chi connectivity index (χ3n) is 6.18. The SMILES string of the molecule is Cc1ccc2c(c1)c1cc(C)c(-c3cccc(Sc4ccccn4)c3)nc1n2-c1ccccc1O. The van der Waals surface area contributed by atoms with E-state index in [-0.39, 0.29) is 5.75 Å². The van der Waals surface area contributed by atoms with Gasteiger partial charge in [-0.25, -0.2) is 9.97 Å². The van der Waals surface area contributed by atoms with E-state index in [1.165, 1.54) is 5.56 Å². The van der Waals surface area contributed by atoms with Gasteiger partial charge in [0.2, 0.25) is 0 Å². The zero-order valence-corrected chi connectivity index (χ0v) is 20.3.